The molecule has 188 valence electrons. The van der Waals surface area contributed by atoms with Gasteiger partial charge >= 0.3 is 0 Å². The van der Waals surface area contributed by atoms with Gasteiger partial charge in [-0.05, 0) is 66.5 Å². The molecule has 1 amide bonds. The van der Waals surface area contributed by atoms with Gasteiger partial charge in [0.15, 0.2) is 5.50 Å². The molecule has 0 radical (unpaired) electrons. The molecule has 0 aromatic heterocycles. The minimum Gasteiger partial charge on any atom is -0.322 e. The Morgan fingerprint density at radius 1 is 0.838 bits per heavy atom. The zero-order chi connectivity index (χ0) is 25.0. The molecule has 5 heteroatoms. The Morgan fingerprint density at radius 3 is 2.11 bits per heavy atom. The van der Waals surface area contributed by atoms with E-state index >= 15 is 0 Å². The molecule has 0 spiro atoms. The number of carbonyl (C=O) groups excluding carboxylic acids is 1. The highest BCUT2D eigenvalue weighted by atomic mass is 32.2. The molecule has 3 aromatic rings. The maximum Gasteiger partial charge on any atom is 0.253 e. The minimum absolute atomic E-state index is 0.0678. The molecule has 2 bridgehead atoms. The number of rotatable bonds is 7. The Morgan fingerprint density at radius 2 is 1.46 bits per heavy atom. The van der Waals surface area contributed by atoms with E-state index in [1.165, 1.54) is 35.1 Å². The number of piperidine rings is 1. The van der Waals surface area contributed by atoms with Crippen molar-refractivity contribution in [3.8, 4) is 0 Å². The Balaban J connectivity index is 1.24. The van der Waals surface area contributed by atoms with Crippen LogP contribution in [0.5, 0.6) is 0 Å². The first-order valence-electron chi connectivity index (χ1n) is 13.4. The lowest BCUT2D eigenvalue weighted by Crippen LogP contribution is -2.41. The summed E-state index contributed by atoms with van der Waals surface area (Å²) < 4.78 is 0. The normalized spacial score (nSPS) is 22.8. The van der Waals surface area contributed by atoms with E-state index in [0.717, 1.165) is 31.6 Å². The molecule has 2 saturated heterocycles. The molecule has 0 aliphatic carbocycles. The second-order valence-corrected chi connectivity index (χ2v) is 11.3. The SMILES string of the molecule is O=C(NC1N=CCS1)c1ccc(C(=C2CC3CCC(C2)N3CCc2ccccc2)c2ccccc2)cc1. The molecule has 3 heterocycles. The number of nitrogens with one attached hydrogen (secondary N) is 1. The van der Waals surface area contributed by atoms with Crippen LogP contribution in [0.15, 0.2) is 95.5 Å². The number of amides is 1. The van der Waals surface area contributed by atoms with Crippen molar-refractivity contribution in [3.05, 3.63) is 113 Å². The molecule has 37 heavy (non-hydrogen) atoms. The lowest BCUT2D eigenvalue weighted by Gasteiger charge is -2.37. The second kappa shape index (κ2) is 11.1. The largest absolute Gasteiger partial charge is 0.322 e. The number of nitrogens with zero attached hydrogens (tertiary/aromatic N) is 2. The van der Waals surface area contributed by atoms with Crippen LogP contribution < -0.4 is 5.32 Å². The van der Waals surface area contributed by atoms with E-state index in [1.54, 1.807) is 17.3 Å². The van der Waals surface area contributed by atoms with Crippen molar-refractivity contribution in [1.29, 1.82) is 0 Å². The number of fused-ring (bicyclic) bond motifs is 2. The summed E-state index contributed by atoms with van der Waals surface area (Å²) in [6, 6.07) is 31.1. The zero-order valence-electron chi connectivity index (χ0n) is 21.1. The Hall–Kier alpha value is -3.15. The van der Waals surface area contributed by atoms with Crippen LogP contribution in [0.2, 0.25) is 0 Å². The van der Waals surface area contributed by atoms with Crippen molar-refractivity contribution >= 4 is 29.5 Å². The molecule has 3 unspecified atom stereocenters. The number of thioether (sulfide) groups is 1. The number of hydrogen-bond donors (Lipinski definition) is 1. The molecular weight excluding hydrogens is 474 g/mol. The van der Waals surface area contributed by atoms with E-state index in [1.807, 2.05) is 18.3 Å². The van der Waals surface area contributed by atoms with Gasteiger partial charge in [0.05, 0.1) is 0 Å². The van der Waals surface area contributed by atoms with Gasteiger partial charge in [-0.2, -0.15) is 0 Å². The van der Waals surface area contributed by atoms with Crippen molar-refractivity contribution < 1.29 is 4.79 Å². The fourth-order valence-corrected chi connectivity index (χ4v) is 6.85. The minimum atomic E-state index is -0.170. The van der Waals surface area contributed by atoms with E-state index in [2.05, 4.69) is 88.0 Å². The highest BCUT2D eigenvalue weighted by Gasteiger charge is 2.39. The van der Waals surface area contributed by atoms with Crippen LogP contribution in [0.4, 0.5) is 0 Å². The lowest BCUT2D eigenvalue weighted by molar-refractivity contribution is 0.0951. The van der Waals surface area contributed by atoms with E-state index in [-0.39, 0.29) is 11.4 Å². The number of carbonyl (C=O) groups is 1. The Kier molecular flexibility index (Phi) is 7.25. The Bertz CT molecular complexity index is 1270. The van der Waals surface area contributed by atoms with Crippen LogP contribution in [0, 0.1) is 0 Å². The van der Waals surface area contributed by atoms with Crippen molar-refractivity contribution in [2.45, 2.75) is 49.7 Å². The van der Waals surface area contributed by atoms with E-state index in [0.29, 0.717) is 17.6 Å². The quantitative estimate of drug-likeness (QED) is 0.415. The molecule has 6 rings (SSSR count). The predicted molar refractivity (Wildman–Crippen MR) is 154 cm³/mol. The standard InChI is InChI=1S/C32H33N3OS/c36-31(34-32-33-18-20-37-32)26-13-11-25(12-14-26)30(24-9-5-2-6-10-24)27-21-28-15-16-29(22-27)35(28)19-17-23-7-3-1-4-8-23/h1-14,18,28-29,32H,15-17,19-22H2,(H,34,36). The zero-order valence-corrected chi connectivity index (χ0v) is 21.9. The van der Waals surface area contributed by atoms with Crippen LogP contribution in [0.3, 0.4) is 0 Å². The van der Waals surface area contributed by atoms with Crippen molar-refractivity contribution in [1.82, 2.24) is 10.2 Å². The highest BCUT2D eigenvalue weighted by Crippen LogP contribution is 2.43. The summed E-state index contributed by atoms with van der Waals surface area (Å²) in [6.45, 7) is 1.14. The summed E-state index contributed by atoms with van der Waals surface area (Å²) in [5, 5.41) is 3.00. The summed E-state index contributed by atoms with van der Waals surface area (Å²) in [4.78, 5) is 19.8. The molecule has 3 aromatic carbocycles. The molecular formula is C32H33N3OS. The average molecular weight is 508 g/mol. The van der Waals surface area contributed by atoms with Crippen LogP contribution >= 0.6 is 11.8 Å². The summed E-state index contributed by atoms with van der Waals surface area (Å²) in [5.74, 6) is 0.783. The highest BCUT2D eigenvalue weighted by molar-refractivity contribution is 8.00. The van der Waals surface area contributed by atoms with E-state index in [9.17, 15) is 4.79 Å². The average Bonchev–Trinajstić information content (AvgIpc) is 3.54. The summed E-state index contributed by atoms with van der Waals surface area (Å²) in [6.07, 6.45) is 7.78. The van der Waals surface area contributed by atoms with Crippen LogP contribution in [0.1, 0.15) is 52.7 Å². The van der Waals surface area contributed by atoms with Gasteiger partial charge in [-0.25, -0.2) is 0 Å². The lowest BCUT2D eigenvalue weighted by atomic mass is 9.85. The van der Waals surface area contributed by atoms with Crippen molar-refractivity contribution in [2.24, 2.45) is 4.99 Å². The third kappa shape index (κ3) is 5.43. The van der Waals surface area contributed by atoms with Crippen LogP contribution in [-0.4, -0.2) is 46.9 Å². The van der Waals surface area contributed by atoms with Crippen LogP contribution in [-0.2, 0) is 6.42 Å². The van der Waals surface area contributed by atoms with Gasteiger partial charge in [0.2, 0.25) is 0 Å². The first kappa shape index (κ1) is 24.2. The molecule has 3 atom stereocenters. The maximum atomic E-state index is 12.7. The fraction of sp³-hybridized carbons (Fsp3) is 0.312. The van der Waals surface area contributed by atoms with Gasteiger partial charge in [0.1, 0.15) is 0 Å². The van der Waals surface area contributed by atoms with Gasteiger partial charge in [0.25, 0.3) is 5.91 Å². The number of hydrogen-bond acceptors (Lipinski definition) is 4. The molecule has 4 nitrogen and oxygen atoms in total. The monoisotopic (exact) mass is 507 g/mol. The van der Waals surface area contributed by atoms with Gasteiger partial charge in [-0.3, -0.25) is 14.7 Å². The fourth-order valence-electron chi connectivity index (χ4n) is 6.14. The Labute approximate surface area is 223 Å². The van der Waals surface area contributed by atoms with Gasteiger partial charge in [-0.1, -0.05) is 78.4 Å². The summed E-state index contributed by atoms with van der Waals surface area (Å²) in [5.41, 5.74) is 7.31. The first-order valence-corrected chi connectivity index (χ1v) is 14.4. The molecule has 1 N–H and O–H groups in total. The smallest absolute Gasteiger partial charge is 0.253 e. The van der Waals surface area contributed by atoms with Crippen LogP contribution in [0.25, 0.3) is 5.57 Å². The molecule has 0 saturated carbocycles. The first-order chi connectivity index (χ1) is 18.2. The third-order valence-corrected chi connectivity index (χ3v) is 8.81. The predicted octanol–water partition coefficient (Wildman–Crippen LogP) is 6.19. The molecule has 2 fully saturated rings. The van der Waals surface area contributed by atoms with Gasteiger partial charge < -0.3 is 5.32 Å². The van der Waals surface area contributed by atoms with E-state index < -0.39 is 0 Å². The van der Waals surface area contributed by atoms with Gasteiger partial charge in [-0.15, -0.1) is 11.8 Å². The third-order valence-electron chi connectivity index (χ3n) is 7.91. The second-order valence-electron chi connectivity index (χ2n) is 10.2. The summed E-state index contributed by atoms with van der Waals surface area (Å²) >= 11 is 1.63. The van der Waals surface area contributed by atoms with E-state index in [4.69, 9.17) is 0 Å². The number of benzene rings is 3. The summed E-state index contributed by atoms with van der Waals surface area (Å²) in [7, 11) is 0. The van der Waals surface area contributed by atoms with Crippen molar-refractivity contribution in [2.75, 3.05) is 12.3 Å². The molecule has 3 aliphatic heterocycles. The van der Waals surface area contributed by atoms with Gasteiger partial charge in [0, 0.05) is 36.2 Å². The maximum absolute atomic E-state index is 12.7. The molecule has 3 aliphatic rings. The number of aliphatic imine (C=N–C) groups is 1. The topological polar surface area (TPSA) is 44.7 Å². The van der Waals surface area contributed by atoms with Crippen molar-refractivity contribution in [3.63, 3.8) is 0 Å².